The molecule has 1 atom stereocenters. The van der Waals surface area contributed by atoms with Gasteiger partial charge in [-0.3, -0.25) is 9.47 Å². The number of likely N-dealkylation sites (tertiary alicyclic amines) is 1. The molecule has 28 heavy (non-hydrogen) atoms. The highest BCUT2D eigenvalue weighted by Gasteiger charge is 2.23. The number of nitrogens with one attached hydrogen (secondary N) is 2. The number of aliphatic imine (C=N–C) groups is 1. The molecule has 1 aromatic rings. The number of nitrogens with zero attached hydrogens (tertiary/aromatic N) is 4. The third-order valence-electron chi connectivity index (χ3n) is 5.04. The summed E-state index contributed by atoms with van der Waals surface area (Å²) in [5.74, 6) is 1.42. The summed E-state index contributed by atoms with van der Waals surface area (Å²) >= 11 is 0. The van der Waals surface area contributed by atoms with E-state index in [-0.39, 0.29) is 36.3 Å². The van der Waals surface area contributed by atoms with E-state index in [2.05, 4.69) is 39.4 Å². The molecular formula is C19H35F2IN6. The number of aromatic nitrogens is 2. The number of rotatable bonds is 8. The standard InChI is InChI=1S/C19H34F2N6.HI/c1-4-22-19(25-14-17-23-9-12-27(17)18(20)21)24-13-16(15(2)3)26-10-7-5-6-8-11-26;/h9,12,15-16,18H,4-8,10-11,13-14H2,1-3H3,(H2,22,24,25);1H. The molecule has 0 aromatic carbocycles. The molecule has 0 amide bonds. The van der Waals surface area contributed by atoms with Crippen molar-refractivity contribution in [2.45, 2.75) is 65.6 Å². The number of halogens is 3. The molecule has 2 heterocycles. The molecule has 0 radical (unpaired) electrons. The molecule has 1 saturated heterocycles. The van der Waals surface area contributed by atoms with E-state index in [0.717, 1.165) is 24.2 Å². The van der Waals surface area contributed by atoms with Gasteiger partial charge in [-0.25, -0.2) is 9.98 Å². The number of imidazole rings is 1. The van der Waals surface area contributed by atoms with E-state index < -0.39 is 6.55 Å². The lowest BCUT2D eigenvalue weighted by Crippen LogP contribution is -2.49. The third kappa shape index (κ3) is 7.81. The van der Waals surface area contributed by atoms with Gasteiger partial charge in [0.1, 0.15) is 12.4 Å². The van der Waals surface area contributed by atoms with Crippen molar-refractivity contribution in [2.75, 3.05) is 26.2 Å². The van der Waals surface area contributed by atoms with Crippen LogP contribution in [0.25, 0.3) is 0 Å². The molecular weight excluding hydrogens is 477 g/mol. The van der Waals surface area contributed by atoms with Crippen molar-refractivity contribution in [1.29, 1.82) is 0 Å². The molecule has 0 spiro atoms. The van der Waals surface area contributed by atoms with Gasteiger partial charge in [-0.05, 0) is 38.8 Å². The molecule has 1 aliphatic rings. The van der Waals surface area contributed by atoms with Gasteiger partial charge in [-0.2, -0.15) is 8.78 Å². The third-order valence-corrected chi connectivity index (χ3v) is 5.04. The highest BCUT2D eigenvalue weighted by atomic mass is 127. The maximum absolute atomic E-state index is 13.0. The van der Waals surface area contributed by atoms with Crippen LogP contribution in [0.2, 0.25) is 0 Å². The fraction of sp³-hybridized carbons (Fsp3) is 0.789. The molecule has 6 nitrogen and oxygen atoms in total. The minimum absolute atomic E-state index is 0. The van der Waals surface area contributed by atoms with E-state index in [0.29, 0.717) is 24.5 Å². The van der Waals surface area contributed by atoms with Crippen molar-refractivity contribution in [3.05, 3.63) is 18.2 Å². The Labute approximate surface area is 184 Å². The van der Waals surface area contributed by atoms with Gasteiger partial charge >= 0.3 is 6.55 Å². The molecule has 1 unspecified atom stereocenters. The van der Waals surface area contributed by atoms with Crippen molar-refractivity contribution in [3.8, 4) is 0 Å². The number of guanidine groups is 1. The summed E-state index contributed by atoms with van der Waals surface area (Å²) in [7, 11) is 0. The molecule has 0 saturated carbocycles. The summed E-state index contributed by atoms with van der Waals surface area (Å²) in [5.41, 5.74) is 0. The average molecular weight is 512 g/mol. The van der Waals surface area contributed by atoms with Gasteiger partial charge in [-0.15, -0.1) is 24.0 Å². The van der Waals surface area contributed by atoms with Crippen LogP contribution >= 0.6 is 24.0 Å². The van der Waals surface area contributed by atoms with E-state index in [1.165, 1.54) is 38.1 Å². The zero-order valence-corrected chi connectivity index (χ0v) is 19.5. The van der Waals surface area contributed by atoms with Gasteiger partial charge in [-0.1, -0.05) is 26.7 Å². The van der Waals surface area contributed by atoms with Crippen LogP contribution < -0.4 is 10.6 Å². The van der Waals surface area contributed by atoms with E-state index in [4.69, 9.17) is 0 Å². The molecule has 1 aliphatic heterocycles. The van der Waals surface area contributed by atoms with Crippen LogP contribution in [0.5, 0.6) is 0 Å². The molecule has 0 aliphatic carbocycles. The van der Waals surface area contributed by atoms with E-state index in [1.807, 2.05) is 6.92 Å². The highest BCUT2D eigenvalue weighted by molar-refractivity contribution is 14.0. The summed E-state index contributed by atoms with van der Waals surface area (Å²) in [5, 5.41) is 6.60. The largest absolute Gasteiger partial charge is 0.357 e. The lowest BCUT2D eigenvalue weighted by atomic mass is 10.0. The first kappa shape index (κ1) is 25.1. The molecule has 9 heteroatoms. The van der Waals surface area contributed by atoms with Crippen LogP contribution in [0.1, 0.15) is 58.8 Å². The molecule has 0 bridgehead atoms. The van der Waals surface area contributed by atoms with E-state index in [9.17, 15) is 8.78 Å². The summed E-state index contributed by atoms with van der Waals surface area (Å²) in [6.07, 6.45) is 7.81. The van der Waals surface area contributed by atoms with Gasteiger partial charge in [0.05, 0.1) is 0 Å². The SMILES string of the molecule is CCNC(=NCc1nccn1C(F)F)NCC(C(C)C)N1CCCCCC1.I. The number of hydrogen-bond acceptors (Lipinski definition) is 3. The maximum atomic E-state index is 13.0. The molecule has 1 fully saturated rings. The van der Waals surface area contributed by atoms with Crippen molar-refractivity contribution in [3.63, 3.8) is 0 Å². The van der Waals surface area contributed by atoms with Gasteiger partial charge in [0.15, 0.2) is 5.96 Å². The van der Waals surface area contributed by atoms with Crippen LogP contribution in [0.3, 0.4) is 0 Å². The van der Waals surface area contributed by atoms with Crippen LogP contribution in [-0.4, -0.2) is 52.6 Å². The minimum Gasteiger partial charge on any atom is -0.357 e. The first-order valence-electron chi connectivity index (χ1n) is 10.1. The highest BCUT2D eigenvalue weighted by Crippen LogP contribution is 2.17. The van der Waals surface area contributed by atoms with Crippen molar-refractivity contribution in [2.24, 2.45) is 10.9 Å². The summed E-state index contributed by atoms with van der Waals surface area (Å²) in [6.45, 7) is 7.80. The topological polar surface area (TPSA) is 57.5 Å². The Bertz CT molecular complexity index is 571. The van der Waals surface area contributed by atoms with Crippen LogP contribution in [-0.2, 0) is 6.54 Å². The molecule has 1 aromatic heterocycles. The second-order valence-corrected chi connectivity index (χ2v) is 7.37. The first-order chi connectivity index (χ1) is 13.0. The van der Waals surface area contributed by atoms with Crippen molar-refractivity contribution in [1.82, 2.24) is 25.1 Å². The molecule has 162 valence electrons. The Hall–Kier alpha value is -0.970. The second kappa shape index (κ2) is 13.3. The van der Waals surface area contributed by atoms with Gasteiger partial charge in [0, 0.05) is 31.5 Å². The smallest absolute Gasteiger partial charge is 0.319 e. The molecule has 2 rings (SSSR count). The van der Waals surface area contributed by atoms with Crippen LogP contribution in [0.4, 0.5) is 8.78 Å². The summed E-state index contributed by atoms with van der Waals surface area (Å²) < 4.78 is 26.8. The van der Waals surface area contributed by atoms with Crippen LogP contribution in [0.15, 0.2) is 17.4 Å². The number of alkyl halides is 2. The van der Waals surface area contributed by atoms with E-state index in [1.54, 1.807) is 0 Å². The van der Waals surface area contributed by atoms with Gasteiger partial charge < -0.3 is 10.6 Å². The van der Waals surface area contributed by atoms with Crippen molar-refractivity contribution >= 4 is 29.9 Å². The van der Waals surface area contributed by atoms with Gasteiger partial charge in [0.25, 0.3) is 0 Å². The van der Waals surface area contributed by atoms with Crippen LogP contribution in [0, 0.1) is 5.92 Å². The number of hydrogen-bond donors (Lipinski definition) is 2. The maximum Gasteiger partial charge on any atom is 0.319 e. The zero-order valence-electron chi connectivity index (χ0n) is 17.2. The fourth-order valence-electron chi connectivity index (χ4n) is 3.55. The van der Waals surface area contributed by atoms with Crippen molar-refractivity contribution < 1.29 is 8.78 Å². The summed E-state index contributed by atoms with van der Waals surface area (Å²) in [4.78, 5) is 11.0. The second-order valence-electron chi connectivity index (χ2n) is 7.37. The normalized spacial score (nSPS) is 17.3. The fourth-order valence-corrected chi connectivity index (χ4v) is 3.55. The zero-order chi connectivity index (χ0) is 19.6. The van der Waals surface area contributed by atoms with Gasteiger partial charge in [0.2, 0.25) is 0 Å². The minimum atomic E-state index is -2.60. The monoisotopic (exact) mass is 512 g/mol. The Kier molecular flexibility index (Phi) is 11.9. The predicted molar refractivity (Wildman–Crippen MR) is 120 cm³/mol. The lowest BCUT2D eigenvalue weighted by molar-refractivity contribution is 0.0671. The van der Waals surface area contributed by atoms with E-state index >= 15 is 0 Å². The summed E-state index contributed by atoms with van der Waals surface area (Å²) in [6, 6.07) is 0.426. The lowest BCUT2D eigenvalue weighted by Gasteiger charge is -2.34. The predicted octanol–water partition coefficient (Wildman–Crippen LogP) is 3.85. The average Bonchev–Trinajstić information content (AvgIpc) is 2.95. The Morgan fingerprint density at radius 3 is 2.43 bits per heavy atom. The first-order valence-corrected chi connectivity index (χ1v) is 10.1. The quantitative estimate of drug-likeness (QED) is 0.316. The Morgan fingerprint density at radius 1 is 1.18 bits per heavy atom. The Morgan fingerprint density at radius 2 is 1.86 bits per heavy atom. The Balaban J connectivity index is 0.00000392. The molecule has 2 N–H and O–H groups in total.